The first-order valence-electron chi connectivity index (χ1n) is 5.67. The van der Waals surface area contributed by atoms with Crippen LogP contribution >= 0.6 is 11.8 Å². The third-order valence-corrected chi connectivity index (χ3v) is 3.36. The van der Waals surface area contributed by atoms with E-state index in [0.717, 1.165) is 17.7 Å². The van der Waals surface area contributed by atoms with Gasteiger partial charge in [0.05, 0.1) is 5.56 Å². The first-order chi connectivity index (χ1) is 8.08. The SMILES string of the molecule is CCC(CSC)Nc1ccc(C)cc1C(=O)O. The van der Waals surface area contributed by atoms with Crippen LogP contribution in [-0.4, -0.2) is 29.1 Å². The summed E-state index contributed by atoms with van der Waals surface area (Å²) in [4.78, 5) is 11.2. The zero-order valence-electron chi connectivity index (χ0n) is 10.5. The molecule has 0 heterocycles. The van der Waals surface area contributed by atoms with E-state index in [1.54, 1.807) is 17.8 Å². The van der Waals surface area contributed by atoms with Gasteiger partial charge in [0.25, 0.3) is 0 Å². The molecule has 17 heavy (non-hydrogen) atoms. The quantitative estimate of drug-likeness (QED) is 0.817. The van der Waals surface area contributed by atoms with Gasteiger partial charge in [0.2, 0.25) is 0 Å². The molecule has 4 heteroatoms. The number of aryl methyl sites for hydroxylation is 1. The molecule has 1 aromatic rings. The van der Waals surface area contributed by atoms with Crippen molar-refractivity contribution >= 4 is 23.4 Å². The summed E-state index contributed by atoms with van der Waals surface area (Å²) in [6.07, 6.45) is 3.03. The lowest BCUT2D eigenvalue weighted by Crippen LogP contribution is -2.22. The van der Waals surface area contributed by atoms with Crippen molar-refractivity contribution in [2.75, 3.05) is 17.3 Å². The van der Waals surface area contributed by atoms with Crippen LogP contribution in [-0.2, 0) is 0 Å². The van der Waals surface area contributed by atoms with Crippen LogP contribution in [0.3, 0.4) is 0 Å². The first-order valence-corrected chi connectivity index (χ1v) is 7.07. The van der Waals surface area contributed by atoms with Crippen LogP contribution in [0.5, 0.6) is 0 Å². The van der Waals surface area contributed by atoms with Gasteiger partial charge in [-0.05, 0) is 31.7 Å². The molecule has 0 aliphatic rings. The van der Waals surface area contributed by atoms with Gasteiger partial charge in [-0.1, -0.05) is 18.6 Å². The molecule has 0 saturated heterocycles. The molecular formula is C13H19NO2S. The summed E-state index contributed by atoms with van der Waals surface area (Å²) < 4.78 is 0. The predicted octanol–water partition coefficient (Wildman–Crippen LogP) is 3.25. The van der Waals surface area contributed by atoms with Crippen LogP contribution in [0.4, 0.5) is 5.69 Å². The van der Waals surface area contributed by atoms with Gasteiger partial charge in [0, 0.05) is 17.5 Å². The number of rotatable bonds is 6. The number of benzene rings is 1. The minimum atomic E-state index is -0.879. The van der Waals surface area contributed by atoms with Gasteiger partial charge in [0.1, 0.15) is 0 Å². The third kappa shape index (κ3) is 3.97. The van der Waals surface area contributed by atoms with Crippen LogP contribution in [0, 0.1) is 6.92 Å². The highest BCUT2D eigenvalue weighted by Gasteiger charge is 2.13. The van der Waals surface area contributed by atoms with Crippen molar-refractivity contribution in [1.29, 1.82) is 0 Å². The molecule has 1 unspecified atom stereocenters. The van der Waals surface area contributed by atoms with Gasteiger partial charge >= 0.3 is 5.97 Å². The summed E-state index contributed by atoms with van der Waals surface area (Å²) in [7, 11) is 0. The molecule has 0 aliphatic carbocycles. The lowest BCUT2D eigenvalue weighted by molar-refractivity contribution is 0.0698. The smallest absolute Gasteiger partial charge is 0.337 e. The Morgan fingerprint density at radius 1 is 1.53 bits per heavy atom. The van der Waals surface area contributed by atoms with Crippen molar-refractivity contribution in [2.24, 2.45) is 0 Å². The topological polar surface area (TPSA) is 49.3 Å². The number of thioether (sulfide) groups is 1. The zero-order chi connectivity index (χ0) is 12.8. The largest absolute Gasteiger partial charge is 0.478 e. The van der Waals surface area contributed by atoms with Gasteiger partial charge < -0.3 is 10.4 Å². The molecule has 0 fully saturated rings. The molecule has 0 bridgehead atoms. The number of hydrogen-bond acceptors (Lipinski definition) is 3. The first kappa shape index (κ1) is 13.9. The average Bonchev–Trinajstić information content (AvgIpc) is 2.30. The molecule has 1 atom stereocenters. The lowest BCUT2D eigenvalue weighted by atomic mass is 10.1. The Kier molecular flexibility index (Phi) is 5.35. The molecule has 94 valence electrons. The number of carboxylic acid groups (broad SMARTS) is 1. The number of carboxylic acids is 1. The maximum Gasteiger partial charge on any atom is 0.337 e. The minimum Gasteiger partial charge on any atom is -0.478 e. The Morgan fingerprint density at radius 3 is 2.76 bits per heavy atom. The molecule has 1 rings (SSSR count). The van der Waals surface area contributed by atoms with E-state index in [1.807, 2.05) is 19.1 Å². The van der Waals surface area contributed by atoms with E-state index in [2.05, 4.69) is 18.5 Å². The fourth-order valence-electron chi connectivity index (χ4n) is 1.64. The fraction of sp³-hybridized carbons (Fsp3) is 0.462. The van der Waals surface area contributed by atoms with Crippen LogP contribution in [0.25, 0.3) is 0 Å². The van der Waals surface area contributed by atoms with Gasteiger partial charge in [-0.25, -0.2) is 4.79 Å². The van der Waals surface area contributed by atoms with Crippen molar-refractivity contribution in [3.8, 4) is 0 Å². The average molecular weight is 253 g/mol. The van der Waals surface area contributed by atoms with E-state index in [9.17, 15) is 4.79 Å². The Hall–Kier alpha value is -1.16. The summed E-state index contributed by atoms with van der Waals surface area (Å²) in [5.74, 6) is 0.0962. The maximum absolute atomic E-state index is 11.2. The molecule has 1 aromatic carbocycles. The summed E-state index contributed by atoms with van der Waals surface area (Å²) >= 11 is 1.76. The third-order valence-electron chi connectivity index (χ3n) is 2.63. The highest BCUT2D eigenvalue weighted by Crippen LogP contribution is 2.20. The minimum absolute atomic E-state index is 0.311. The van der Waals surface area contributed by atoms with Gasteiger partial charge in [0.15, 0.2) is 0 Å². The number of carbonyl (C=O) groups is 1. The predicted molar refractivity (Wildman–Crippen MR) is 74.2 cm³/mol. The maximum atomic E-state index is 11.2. The number of hydrogen-bond donors (Lipinski definition) is 2. The van der Waals surface area contributed by atoms with Crippen LogP contribution < -0.4 is 5.32 Å². The van der Waals surface area contributed by atoms with E-state index >= 15 is 0 Å². The van der Waals surface area contributed by atoms with Gasteiger partial charge in [-0.3, -0.25) is 0 Å². The van der Waals surface area contributed by atoms with Crippen LogP contribution in [0.15, 0.2) is 18.2 Å². The van der Waals surface area contributed by atoms with Crippen molar-refractivity contribution in [3.63, 3.8) is 0 Å². The van der Waals surface area contributed by atoms with Crippen molar-refractivity contribution in [1.82, 2.24) is 0 Å². The summed E-state index contributed by atoms with van der Waals surface area (Å²) in [5, 5.41) is 12.5. The number of aromatic carboxylic acids is 1. The molecule has 0 radical (unpaired) electrons. The Morgan fingerprint density at radius 2 is 2.24 bits per heavy atom. The van der Waals surface area contributed by atoms with Gasteiger partial charge in [-0.15, -0.1) is 0 Å². The summed E-state index contributed by atoms with van der Waals surface area (Å²) in [6.45, 7) is 4.00. The van der Waals surface area contributed by atoms with E-state index in [4.69, 9.17) is 5.11 Å². The standard InChI is InChI=1S/C13H19NO2S/c1-4-10(8-17-3)14-12-6-5-9(2)7-11(12)13(15)16/h5-7,10,14H,4,8H2,1-3H3,(H,15,16). The number of nitrogens with one attached hydrogen (secondary N) is 1. The molecule has 0 aromatic heterocycles. The second-order valence-corrected chi connectivity index (χ2v) is 4.97. The molecule has 0 amide bonds. The molecule has 0 aliphatic heterocycles. The summed E-state index contributed by atoms with van der Waals surface area (Å²) in [6, 6.07) is 5.80. The molecular weight excluding hydrogens is 234 g/mol. The molecule has 3 nitrogen and oxygen atoms in total. The van der Waals surface area contributed by atoms with Crippen molar-refractivity contribution in [3.05, 3.63) is 29.3 Å². The molecule has 0 saturated carbocycles. The van der Waals surface area contributed by atoms with Crippen molar-refractivity contribution < 1.29 is 9.90 Å². The van der Waals surface area contributed by atoms with E-state index in [0.29, 0.717) is 17.3 Å². The van der Waals surface area contributed by atoms with E-state index in [1.165, 1.54) is 0 Å². The summed E-state index contributed by atoms with van der Waals surface area (Å²) in [5.41, 5.74) is 2.03. The van der Waals surface area contributed by atoms with E-state index in [-0.39, 0.29) is 0 Å². The lowest BCUT2D eigenvalue weighted by Gasteiger charge is -2.18. The normalized spacial score (nSPS) is 12.2. The fourth-order valence-corrected chi connectivity index (χ4v) is 2.36. The highest BCUT2D eigenvalue weighted by atomic mass is 32.2. The van der Waals surface area contributed by atoms with Crippen LogP contribution in [0.1, 0.15) is 29.3 Å². The number of anilines is 1. The zero-order valence-corrected chi connectivity index (χ0v) is 11.3. The van der Waals surface area contributed by atoms with E-state index < -0.39 is 5.97 Å². The molecule has 0 spiro atoms. The highest BCUT2D eigenvalue weighted by molar-refractivity contribution is 7.98. The van der Waals surface area contributed by atoms with Gasteiger partial charge in [-0.2, -0.15) is 11.8 Å². The Balaban J connectivity index is 2.92. The van der Waals surface area contributed by atoms with Crippen LogP contribution in [0.2, 0.25) is 0 Å². The second-order valence-electron chi connectivity index (χ2n) is 4.06. The molecule has 2 N–H and O–H groups in total. The Bertz CT molecular complexity index is 393. The second kappa shape index (κ2) is 6.55. The Labute approximate surface area is 107 Å². The van der Waals surface area contributed by atoms with Crippen molar-refractivity contribution in [2.45, 2.75) is 26.3 Å². The monoisotopic (exact) mass is 253 g/mol.